The number of rotatable bonds is 4. The van der Waals surface area contributed by atoms with Gasteiger partial charge in [0.2, 0.25) is 0 Å². The summed E-state index contributed by atoms with van der Waals surface area (Å²) in [7, 11) is 0. The summed E-state index contributed by atoms with van der Waals surface area (Å²) in [6.07, 6.45) is 1.70. The van der Waals surface area contributed by atoms with E-state index in [4.69, 9.17) is 14.9 Å². The molecule has 2 aromatic heterocycles. The Bertz CT molecular complexity index is 489. The first-order valence-corrected chi connectivity index (χ1v) is 5.52. The van der Waals surface area contributed by atoms with Crippen LogP contribution in [-0.4, -0.2) is 4.98 Å². The molecule has 0 aliphatic heterocycles. The van der Waals surface area contributed by atoms with Crippen molar-refractivity contribution >= 4 is 0 Å². The topological polar surface area (TPSA) is 61.3 Å². The summed E-state index contributed by atoms with van der Waals surface area (Å²) >= 11 is 0. The van der Waals surface area contributed by atoms with Crippen LogP contribution in [0.5, 0.6) is 5.75 Å². The molecule has 0 aliphatic carbocycles. The lowest BCUT2D eigenvalue weighted by Crippen LogP contribution is -1.96. The van der Waals surface area contributed by atoms with Gasteiger partial charge in [-0.2, -0.15) is 0 Å². The number of aromatic nitrogens is 1. The minimum absolute atomic E-state index is 0.394. The minimum Gasteiger partial charge on any atom is -0.484 e. The number of furan rings is 1. The third-order valence-corrected chi connectivity index (χ3v) is 2.56. The van der Waals surface area contributed by atoms with Crippen molar-refractivity contribution in [3.05, 3.63) is 47.2 Å². The van der Waals surface area contributed by atoms with Crippen molar-refractivity contribution in [2.24, 2.45) is 5.73 Å². The lowest BCUT2D eigenvalue weighted by atomic mass is 10.2. The molecule has 0 saturated heterocycles. The van der Waals surface area contributed by atoms with Gasteiger partial charge in [0, 0.05) is 17.8 Å². The third kappa shape index (κ3) is 2.85. The van der Waals surface area contributed by atoms with Crippen LogP contribution in [0.1, 0.15) is 22.8 Å². The maximum absolute atomic E-state index is 5.58. The van der Waals surface area contributed by atoms with Gasteiger partial charge in [-0.15, -0.1) is 0 Å². The predicted octanol–water partition coefficient (Wildman–Crippen LogP) is 2.33. The van der Waals surface area contributed by atoms with Gasteiger partial charge in [-0.25, -0.2) is 0 Å². The average Bonchev–Trinajstić information content (AvgIpc) is 2.69. The molecule has 0 unspecified atom stereocenters. The number of aryl methyl sites for hydroxylation is 2. The standard InChI is InChI=1S/C13H16N2O2/c1-9-3-4-12(7-15-9)16-8-13-5-11(6-14)10(2)17-13/h3-5,7H,6,8,14H2,1-2H3. The molecule has 0 atom stereocenters. The molecular weight excluding hydrogens is 216 g/mol. The van der Waals surface area contributed by atoms with Gasteiger partial charge in [0.25, 0.3) is 0 Å². The lowest BCUT2D eigenvalue weighted by molar-refractivity contribution is 0.266. The number of nitrogens with two attached hydrogens (primary N) is 1. The summed E-state index contributed by atoms with van der Waals surface area (Å²) in [5.41, 5.74) is 7.57. The fourth-order valence-electron chi connectivity index (χ4n) is 1.56. The minimum atomic E-state index is 0.394. The third-order valence-electron chi connectivity index (χ3n) is 2.56. The predicted molar refractivity (Wildman–Crippen MR) is 64.6 cm³/mol. The molecule has 4 heteroatoms. The molecule has 0 fully saturated rings. The van der Waals surface area contributed by atoms with Crippen LogP contribution in [0.15, 0.2) is 28.8 Å². The average molecular weight is 232 g/mol. The Morgan fingerprint density at radius 2 is 2.18 bits per heavy atom. The molecule has 2 rings (SSSR count). The van der Waals surface area contributed by atoms with Crippen LogP contribution in [0, 0.1) is 13.8 Å². The van der Waals surface area contributed by atoms with E-state index in [1.165, 1.54) is 0 Å². The molecular formula is C13H16N2O2. The van der Waals surface area contributed by atoms with Gasteiger partial charge in [0.05, 0.1) is 6.20 Å². The van der Waals surface area contributed by atoms with E-state index in [9.17, 15) is 0 Å². The second kappa shape index (κ2) is 5.01. The van der Waals surface area contributed by atoms with Gasteiger partial charge in [0.15, 0.2) is 0 Å². The van der Waals surface area contributed by atoms with Crippen molar-refractivity contribution in [1.82, 2.24) is 4.98 Å². The van der Waals surface area contributed by atoms with E-state index >= 15 is 0 Å². The van der Waals surface area contributed by atoms with Crippen molar-refractivity contribution in [2.45, 2.75) is 27.0 Å². The van der Waals surface area contributed by atoms with Crippen molar-refractivity contribution < 1.29 is 9.15 Å². The molecule has 0 spiro atoms. The first kappa shape index (κ1) is 11.7. The van der Waals surface area contributed by atoms with Crippen molar-refractivity contribution in [3.8, 4) is 5.75 Å². The van der Waals surface area contributed by atoms with Crippen LogP contribution >= 0.6 is 0 Å². The Morgan fingerprint density at radius 3 is 2.76 bits per heavy atom. The molecule has 0 aromatic carbocycles. The van der Waals surface area contributed by atoms with Crippen LogP contribution in [-0.2, 0) is 13.2 Å². The fourth-order valence-corrected chi connectivity index (χ4v) is 1.56. The van der Waals surface area contributed by atoms with E-state index in [1.54, 1.807) is 6.20 Å². The summed E-state index contributed by atoms with van der Waals surface area (Å²) in [5.74, 6) is 2.37. The highest BCUT2D eigenvalue weighted by Gasteiger charge is 2.06. The number of hydrogen-bond acceptors (Lipinski definition) is 4. The van der Waals surface area contributed by atoms with E-state index in [-0.39, 0.29) is 0 Å². The van der Waals surface area contributed by atoms with Gasteiger partial charge in [-0.05, 0) is 32.0 Å². The molecule has 2 aromatic rings. The molecule has 17 heavy (non-hydrogen) atoms. The highest BCUT2D eigenvalue weighted by molar-refractivity contribution is 5.22. The monoisotopic (exact) mass is 232 g/mol. The van der Waals surface area contributed by atoms with Crippen LogP contribution in [0.4, 0.5) is 0 Å². The summed E-state index contributed by atoms with van der Waals surface area (Å²) in [6.45, 7) is 4.72. The quantitative estimate of drug-likeness (QED) is 0.878. The Labute approximate surface area is 100 Å². The zero-order chi connectivity index (χ0) is 12.3. The Kier molecular flexibility index (Phi) is 3.44. The van der Waals surface area contributed by atoms with Gasteiger partial charge >= 0.3 is 0 Å². The molecule has 0 radical (unpaired) electrons. The Balaban J connectivity index is 1.99. The van der Waals surface area contributed by atoms with E-state index in [1.807, 2.05) is 32.0 Å². The summed E-state index contributed by atoms with van der Waals surface area (Å²) < 4.78 is 11.1. The first-order valence-electron chi connectivity index (χ1n) is 5.52. The van der Waals surface area contributed by atoms with Crippen molar-refractivity contribution in [1.29, 1.82) is 0 Å². The van der Waals surface area contributed by atoms with Gasteiger partial charge in [0.1, 0.15) is 23.9 Å². The Morgan fingerprint density at radius 1 is 1.35 bits per heavy atom. The van der Waals surface area contributed by atoms with Crippen molar-refractivity contribution in [3.63, 3.8) is 0 Å². The molecule has 0 bridgehead atoms. The van der Waals surface area contributed by atoms with E-state index in [0.29, 0.717) is 13.2 Å². The SMILES string of the molecule is Cc1ccc(OCc2cc(CN)c(C)o2)cn1. The molecule has 4 nitrogen and oxygen atoms in total. The molecule has 2 N–H and O–H groups in total. The van der Waals surface area contributed by atoms with E-state index < -0.39 is 0 Å². The first-order chi connectivity index (χ1) is 8.19. The summed E-state index contributed by atoms with van der Waals surface area (Å²) in [5, 5.41) is 0. The van der Waals surface area contributed by atoms with Gasteiger partial charge < -0.3 is 14.9 Å². The Hall–Kier alpha value is -1.81. The maximum Gasteiger partial charge on any atom is 0.146 e. The normalized spacial score (nSPS) is 10.5. The lowest BCUT2D eigenvalue weighted by Gasteiger charge is -2.03. The molecule has 2 heterocycles. The highest BCUT2D eigenvalue weighted by atomic mass is 16.5. The van der Waals surface area contributed by atoms with E-state index in [0.717, 1.165) is 28.5 Å². The number of ether oxygens (including phenoxy) is 1. The highest BCUT2D eigenvalue weighted by Crippen LogP contribution is 2.16. The van der Waals surface area contributed by atoms with Crippen LogP contribution in [0.3, 0.4) is 0 Å². The molecule has 0 aliphatic rings. The molecule has 0 amide bonds. The maximum atomic E-state index is 5.58. The van der Waals surface area contributed by atoms with E-state index in [2.05, 4.69) is 4.98 Å². The smallest absolute Gasteiger partial charge is 0.146 e. The number of pyridine rings is 1. The number of nitrogens with zero attached hydrogens (tertiary/aromatic N) is 1. The van der Waals surface area contributed by atoms with Crippen molar-refractivity contribution in [2.75, 3.05) is 0 Å². The zero-order valence-corrected chi connectivity index (χ0v) is 10.1. The zero-order valence-electron chi connectivity index (χ0n) is 10.1. The summed E-state index contributed by atoms with van der Waals surface area (Å²) in [4.78, 5) is 4.15. The summed E-state index contributed by atoms with van der Waals surface area (Å²) in [6, 6.07) is 5.73. The van der Waals surface area contributed by atoms with Gasteiger partial charge in [-0.1, -0.05) is 0 Å². The van der Waals surface area contributed by atoms with Crippen LogP contribution in [0.2, 0.25) is 0 Å². The van der Waals surface area contributed by atoms with Crippen LogP contribution in [0.25, 0.3) is 0 Å². The molecule has 0 saturated carbocycles. The fraction of sp³-hybridized carbons (Fsp3) is 0.308. The second-order valence-electron chi connectivity index (χ2n) is 3.92. The van der Waals surface area contributed by atoms with Crippen LogP contribution < -0.4 is 10.5 Å². The number of hydrogen-bond donors (Lipinski definition) is 1. The van der Waals surface area contributed by atoms with Gasteiger partial charge in [-0.3, -0.25) is 4.98 Å². The second-order valence-corrected chi connectivity index (χ2v) is 3.92. The largest absolute Gasteiger partial charge is 0.484 e. The molecule has 90 valence electrons.